The zero-order valence-electron chi connectivity index (χ0n) is 13.5. The van der Waals surface area contributed by atoms with Crippen LogP contribution in [0.15, 0.2) is 35.7 Å². The molecular weight excluding hydrogens is 322 g/mol. The Kier molecular flexibility index (Phi) is 3.88. The van der Waals surface area contributed by atoms with Crippen molar-refractivity contribution in [1.29, 1.82) is 0 Å². The van der Waals surface area contributed by atoms with Crippen molar-refractivity contribution in [1.82, 2.24) is 4.90 Å². The third-order valence-electron chi connectivity index (χ3n) is 4.93. The maximum Gasteiger partial charge on any atom is 0.339 e. The van der Waals surface area contributed by atoms with Gasteiger partial charge in [-0.05, 0) is 41.5 Å². The van der Waals surface area contributed by atoms with E-state index in [9.17, 15) is 9.59 Å². The Bertz CT molecular complexity index is 797. The summed E-state index contributed by atoms with van der Waals surface area (Å²) in [6, 6.07) is 9.58. The molecule has 2 aromatic rings. The third-order valence-corrected chi connectivity index (χ3v) is 5.93. The van der Waals surface area contributed by atoms with Gasteiger partial charge in [0, 0.05) is 17.8 Å². The first kappa shape index (κ1) is 15.4. The highest BCUT2D eigenvalue weighted by atomic mass is 32.1. The molecule has 1 amide bonds. The van der Waals surface area contributed by atoms with Crippen LogP contribution in [-0.4, -0.2) is 29.4 Å². The fourth-order valence-corrected chi connectivity index (χ4v) is 4.68. The Balaban J connectivity index is 1.60. The van der Waals surface area contributed by atoms with E-state index in [0.29, 0.717) is 18.5 Å². The number of carbonyl (C=O) groups is 2. The van der Waals surface area contributed by atoms with E-state index < -0.39 is 12.1 Å². The number of hydrogen-bond donors (Lipinski definition) is 0. The van der Waals surface area contributed by atoms with E-state index in [-0.39, 0.29) is 11.9 Å². The highest BCUT2D eigenvalue weighted by Gasteiger charge is 2.38. The molecule has 4 nitrogen and oxygen atoms in total. The predicted molar refractivity (Wildman–Crippen MR) is 92.1 cm³/mol. The molecule has 0 saturated heterocycles. The minimum Gasteiger partial charge on any atom is -0.448 e. The summed E-state index contributed by atoms with van der Waals surface area (Å²) in [5, 5.41) is 2.10. The molecule has 3 heterocycles. The van der Waals surface area contributed by atoms with Crippen LogP contribution in [-0.2, 0) is 22.4 Å². The topological polar surface area (TPSA) is 46.6 Å². The minimum absolute atomic E-state index is 0.0680. The monoisotopic (exact) mass is 341 g/mol. The molecule has 0 fully saturated rings. The molecule has 0 aliphatic carbocycles. The SMILES string of the molecule is CCC1c2ccsc2CCN1C(=O)C1Cc2ccccc2C(=O)O1. The highest BCUT2D eigenvalue weighted by molar-refractivity contribution is 7.10. The molecule has 2 aliphatic heterocycles. The molecule has 0 radical (unpaired) electrons. The van der Waals surface area contributed by atoms with E-state index in [1.54, 1.807) is 17.4 Å². The van der Waals surface area contributed by atoms with Crippen LogP contribution < -0.4 is 0 Å². The molecule has 1 aromatic heterocycles. The van der Waals surface area contributed by atoms with E-state index in [0.717, 1.165) is 18.4 Å². The lowest BCUT2D eigenvalue weighted by molar-refractivity contribution is -0.144. The van der Waals surface area contributed by atoms with Gasteiger partial charge in [-0.25, -0.2) is 4.79 Å². The van der Waals surface area contributed by atoms with Crippen molar-refractivity contribution in [3.8, 4) is 0 Å². The second-order valence-electron chi connectivity index (χ2n) is 6.26. The van der Waals surface area contributed by atoms with Gasteiger partial charge in [-0.3, -0.25) is 4.79 Å². The fourth-order valence-electron chi connectivity index (χ4n) is 3.75. The third kappa shape index (κ3) is 2.44. The zero-order valence-corrected chi connectivity index (χ0v) is 14.3. The van der Waals surface area contributed by atoms with Crippen molar-refractivity contribution in [3.05, 3.63) is 57.3 Å². The number of cyclic esters (lactones) is 1. The Morgan fingerprint density at radius 2 is 2.17 bits per heavy atom. The average Bonchev–Trinajstić information content (AvgIpc) is 3.09. The predicted octanol–water partition coefficient (Wildman–Crippen LogP) is 3.37. The van der Waals surface area contributed by atoms with Gasteiger partial charge in [-0.1, -0.05) is 25.1 Å². The zero-order chi connectivity index (χ0) is 16.7. The summed E-state index contributed by atoms with van der Waals surface area (Å²) in [7, 11) is 0. The first-order chi connectivity index (χ1) is 11.7. The number of nitrogens with zero attached hydrogens (tertiary/aromatic N) is 1. The van der Waals surface area contributed by atoms with Crippen LogP contribution in [0.1, 0.15) is 45.7 Å². The van der Waals surface area contributed by atoms with Crippen molar-refractivity contribution >= 4 is 23.2 Å². The summed E-state index contributed by atoms with van der Waals surface area (Å²) in [6.45, 7) is 2.79. The van der Waals surface area contributed by atoms with Gasteiger partial charge in [0.2, 0.25) is 0 Å². The average molecular weight is 341 g/mol. The second kappa shape index (κ2) is 6.06. The van der Waals surface area contributed by atoms with Crippen molar-refractivity contribution < 1.29 is 14.3 Å². The molecule has 0 N–H and O–H groups in total. The lowest BCUT2D eigenvalue weighted by Crippen LogP contribution is -2.48. The maximum atomic E-state index is 13.1. The fraction of sp³-hybridized carbons (Fsp3) is 0.368. The van der Waals surface area contributed by atoms with Gasteiger partial charge in [0.25, 0.3) is 5.91 Å². The smallest absolute Gasteiger partial charge is 0.339 e. The van der Waals surface area contributed by atoms with Gasteiger partial charge >= 0.3 is 5.97 Å². The molecule has 0 bridgehead atoms. The number of rotatable bonds is 2. The largest absolute Gasteiger partial charge is 0.448 e. The van der Waals surface area contributed by atoms with E-state index in [1.165, 1.54) is 10.4 Å². The van der Waals surface area contributed by atoms with Gasteiger partial charge in [-0.2, -0.15) is 0 Å². The number of thiophene rings is 1. The summed E-state index contributed by atoms with van der Waals surface area (Å²) in [4.78, 5) is 28.5. The standard InChI is InChI=1S/C19H19NO3S/c1-2-15-14-8-10-24-17(14)7-9-20(15)18(21)16-11-12-5-3-4-6-13(12)19(22)23-16/h3-6,8,10,15-16H,2,7,9,11H2,1H3. The highest BCUT2D eigenvalue weighted by Crippen LogP contribution is 2.36. The van der Waals surface area contributed by atoms with Crippen molar-refractivity contribution in [3.63, 3.8) is 0 Å². The van der Waals surface area contributed by atoms with Crippen molar-refractivity contribution in [2.75, 3.05) is 6.54 Å². The molecule has 0 spiro atoms. The van der Waals surface area contributed by atoms with E-state index in [1.807, 2.05) is 23.1 Å². The molecule has 5 heteroatoms. The summed E-state index contributed by atoms with van der Waals surface area (Å²) < 4.78 is 5.46. The lowest BCUT2D eigenvalue weighted by atomic mass is 9.94. The molecular formula is C19H19NO3S. The number of esters is 1. The summed E-state index contributed by atoms with van der Waals surface area (Å²) in [6.07, 6.45) is 1.50. The van der Waals surface area contributed by atoms with Gasteiger partial charge in [0.05, 0.1) is 11.6 Å². The van der Waals surface area contributed by atoms with Crippen LogP contribution in [0.5, 0.6) is 0 Å². The van der Waals surface area contributed by atoms with Crippen LogP contribution >= 0.6 is 11.3 Å². The summed E-state index contributed by atoms with van der Waals surface area (Å²) in [5.41, 5.74) is 2.73. The van der Waals surface area contributed by atoms with Crippen LogP contribution in [0.3, 0.4) is 0 Å². The molecule has 0 saturated carbocycles. The number of hydrogen-bond acceptors (Lipinski definition) is 4. The molecule has 4 rings (SSSR count). The van der Waals surface area contributed by atoms with E-state index >= 15 is 0 Å². The second-order valence-corrected chi connectivity index (χ2v) is 7.26. The number of amides is 1. The Morgan fingerprint density at radius 3 is 3.00 bits per heavy atom. The maximum absolute atomic E-state index is 13.1. The Hall–Kier alpha value is -2.14. The quantitative estimate of drug-likeness (QED) is 0.787. The molecule has 124 valence electrons. The lowest BCUT2D eigenvalue weighted by Gasteiger charge is -2.38. The van der Waals surface area contributed by atoms with Crippen LogP contribution in [0.25, 0.3) is 0 Å². The molecule has 2 aliphatic rings. The van der Waals surface area contributed by atoms with E-state index in [2.05, 4.69) is 18.4 Å². The van der Waals surface area contributed by atoms with Gasteiger partial charge in [0.1, 0.15) is 0 Å². The van der Waals surface area contributed by atoms with Crippen LogP contribution in [0, 0.1) is 0 Å². The summed E-state index contributed by atoms with van der Waals surface area (Å²) in [5.74, 6) is -0.460. The molecule has 2 unspecified atom stereocenters. The number of ether oxygens (including phenoxy) is 1. The van der Waals surface area contributed by atoms with Crippen LogP contribution in [0.4, 0.5) is 0 Å². The van der Waals surface area contributed by atoms with Gasteiger partial charge < -0.3 is 9.64 Å². The van der Waals surface area contributed by atoms with Gasteiger partial charge in [0.15, 0.2) is 6.10 Å². The number of fused-ring (bicyclic) bond motifs is 2. The molecule has 24 heavy (non-hydrogen) atoms. The Labute approximate surface area is 145 Å². The summed E-state index contributed by atoms with van der Waals surface area (Å²) >= 11 is 1.76. The Morgan fingerprint density at radius 1 is 1.33 bits per heavy atom. The van der Waals surface area contributed by atoms with E-state index in [4.69, 9.17) is 4.74 Å². The first-order valence-corrected chi connectivity index (χ1v) is 9.22. The number of carbonyl (C=O) groups excluding carboxylic acids is 2. The molecule has 2 atom stereocenters. The van der Waals surface area contributed by atoms with Crippen molar-refractivity contribution in [2.24, 2.45) is 0 Å². The van der Waals surface area contributed by atoms with Crippen molar-refractivity contribution in [2.45, 2.75) is 38.3 Å². The normalized spacial score (nSPS) is 22.5. The molecule has 1 aromatic carbocycles. The van der Waals surface area contributed by atoms with Gasteiger partial charge in [-0.15, -0.1) is 11.3 Å². The number of benzene rings is 1. The minimum atomic E-state index is -0.707. The van der Waals surface area contributed by atoms with Crippen LogP contribution in [0.2, 0.25) is 0 Å². The first-order valence-electron chi connectivity index (χ1n) is 8.34.